The highest BCUT2D eigenvalue weighted by Gasteiger charge is 2.12. The number of thiophene rings is 1. The molecule has 0 bridgehead atoms. The Labute approximate surface area is 114 Å². The molecule has 2 aromatic heterocycles. The minimum absolute atomic E-state index is 0.699. The maximum atomic E-state index is 6.03. The summed E-state index contributed by atoms with van der Waals surface area (Å²) in [5.41, 5.74) is 8.84. The molecule has 0 radical (unpaired) electrons. The van der Waals surface area contributed by atoms with Gasteiger partial charge in [0.1, 0.15) is 5.82 Å². The molecule has 5 heteroatoms. The van der Waals surface area contributed by atoms with Crippen LogP contribution in [0.3, 0.4) is 0 Å². The van der Waals surface area contributed by atoms with Crippen molar-refractivity contribution in [1.29, 1.82) is 0 Å². The summed E-state index contributed by atoms with van der Waals surface area (Å²) in [5.74, 6) is 0.806. The van der Waals surface area contributed by atoms with E-state index in [-0.39, 0.29) is 0 Å². The van der Waals surface area contributed by atoms with Crippen molar-refractivity contribution in [2.45, 2.75) is 13.3 Å². The van der Waals surface area contributed by atoms with E-state index in [0.717, 1.165) is 33.8 Å². The number of hydrogen-bond acceptors (Lipinski definition) is 3. The van der Waals surface area contributed by atoms with E-state index < -0.39 is 0 Å². The van der Waals surface area contributed by atoms with E-state index in [1.807, 2.05) is 18.2 Å². The second-order valence-electron chi connectivity index (χ2n) is 4.09. The van der Waals surface area contributed by atoms with Crippen molar-refractivity contribution >= 4 is 39.0 Å². The molecule has 0 saturated carbocycles. The minimum atomic E-state index is 0.699. The number of nitrogens with one attached hydrogen (secondary N) is 1. The Balaban J connectivity index is 2.15. The minimum Gasteiger partial charge on any atom is -0.390 e. The Bertz CT molecular complexity index is 714. The van der Waals surface area contributed by atoms with Crippen LogP contribution in [0.2, 0.25) is 5.02 Å². The van der Waals surface area contributed by atoms with Crippen LogP contribution < -0.4 is 5.73 Å². The molecular weight excluding hydrogens is 266 g/mol. The predicted molar refractivity (Wildman–Crippen MR) is 78.2 cm³/mol. The molecule has 0 amide bonds. The van der Waals surface area contributed by atoms with Crippen molar-refractivity contribution < 1.29 is 0 Å². The van der Waals surface area contributed by atoms with Crippen LogP contribution in [0.1, 0.15) is 11.8 Å². The number of nitrogens with two attached hydrogens (primary N) is 1. The molecule has 3 nitrogen and oxygen atoms in total. The van der Waals surface area contributed by atoms with Crippen LogP contribution in [0.25, 0.3) is 22.4 Å². The normalized spacial score (nSPS) is 11.2. The molecule has 2 heterocycles. The molecule has 3 N–H and O–H groups in total. The largest absolute Gasteiger partial charge is 0.390 e. The number of fused-ring (bicyclic) bond motifs is 1. The quantitative estimate of drug-likeness (QED) is 0.741. The first-order valence-corrected chi connectivity index (χ1v) is 6.90. The monoisotopic (exact) mass is 277 g/mol. The van der Waals surface area contributed by atoms with Crippen molar-refractivity contribution in [3.63, 3.8) is 0 Å². The van der Waals surface area contributed by atoms with Gasteiger partial charge < -0.3 is 10.7 Å². The lowest BCUT2D eigenvalue weighted by atomic mass is 10.2. The maximum Gasteiger partial charge on any atom is 0.141 e. The lowest BCUT2D eigenvalue weighted by Gasteiger charge is -1.92. The van der Waals surface area contributed by atoms with E-state index >= 15 is 0 Å². The summed E-state index contributed by atoms with van der Waals surface area (Å²) in [7, 11) is 0. The predicted octanol–water partition coefficient (Wildman–Crippen LogP) is 4.09. The van der Waals surface area contributed by atoms with Crippen LogP contribution >= 0.6 is 22.9 Å². The van der Waals surface area contributed by atoms with Crippen LogP contribution in [-0.2, 0) is 6.42 Å². The molecule has 0 saturated heterocycles. The molecule has 1 aromatic carbocycles. The highest BCUT2D eigenvalue weighted by Crippen LogP contribution is 2.33. The van der Waals surface area contributed by atoms with Crippen LogP contribution in [0, 0.1) is 0 Å². The standard InChI is InChI=1S/C13H12ClN3S/c1-2-8-6-9(12(15)18-8)13-16-10-4-3-7(14)5-11(10)17-13/h3-6H,2,15H2,1H3,(H,16,17). The number of aryl methyl sites for hydroxylation is 1. The first-order valence-electron chi connectivity index (χ1n) is 5.71. The molecule has 92 valence electrons. The van der Waals surface area contributed by atoms with Gasteiger partial charge in [-0.05, 0) is 30.7 Å². The summed E-state index contributed by atoms with van der Waals surface area (Å²) < 4.78 is 0. The van der Waals surface area contributed by atoms with Crippen LogP contribution in [0.5, 0.6) is 0 Å². The smallest absolute Gasteiger partial charge is 0.141 e. The zero-order valence-corrected chi connectivity index (χ0v) is 11.4. The molecule has 0 unspecified atom stereocenters. The number of rotatable bonds is 2. The van der Waals surface area contributed by atoms with Crippen LogP contribution in [-0.4, -0.2) is 9.97 Å². The van der Waals surface area contributed by atoms with Gasteiger partial charge in [-0.3, -0.25) is 0 Å². The number of hydrogen-bond donors (Lipinski definition) is 2. The van der Waals surface area contributed by atoms with Gasteiger partial charge in [0.25, 0.3) is 0 Å². The molecule has 3 rings (SSSR count). The van der Waals surface area contributed by atoms with E-state index in [2.05, 4.69) is 23.0 Å². The summed E-state index contributed by atoms with van der Waals surface area (Å²) in [6.07, 6.45) is 0.987. The Hall–Kier alpha value is -1.52. The van der Waals surface area contributed by atoms with Crippen molar-refractivity contribution in [3.8, 4) is 11.4 Å². The Morgan fingerprint density at radius 1 is 1.39 bits per heavy atom. The van der Waals surface area contributed by atoms with E-state index in [9.17, 15) is 0 Å². The number of anilines is 1. The Morgan fingerprint density at radius 2 is 2.22 bits per heavy atom. The summed E-state index contributed by atoms with van der Waals surface area (Å²) in [5, 5.41) is 1.50. The summed E-state index contributed by atoms with van der Waals surface area (Å²) >= 11 is 7.58. The van der Waals surface area contributed by atoms with Gasteiger partial charge in [0.15, 0.2) is 0 Å². The molecule has 0 fully saturated rings. The third-order valence-corrected chi connectivity index (χ3v) is 4.20. The van der Waals surface area contributed by atoms with Gasteiger partial charge in [-0.2, -0.15) is 0 Å². The zero-order valence-electron chi connectivity index (χ0n) is 9.83. The van der Waals surface area contributed by atoms with Crippen molar-refractivity contribution in [1.82, 2.24) is 9.97 Å². The van der Waals surface area contributed by atoms with E-state index in [1.54, 1.807) is 11.3 Å². The number of benzene rings is 1. The number of imidazole rings is 1. The van der Waals surface area contributed by atoms with E-state index in [0.29, 0.717) is 5.02 Å². The van der Waals surface area contributed by atoms with Crippen LogP contribution in [0.15, 0.2) is 24.3 Å². The summed E-state index contributed by atoms with van der Waals surface area (Å²) in [6.45, 7) is 2.12. The SMILES string of the molecule is CCc1cc(-c2nc3ccc(Cl)cc3[nH]2)c(N)s1. The molecule has 3 aromatic rings. The molecule has 0 aliphatic carbocycles. The van der Waals surface area contributed by atoms with Gasteiger partial charge in [0.05, 0.1) is 21.6 Å². The van der Waals surface area contributed by atoms with E-state index in [1.165, 1.54) is 4.88 Å². The first-order chi connectivity index (χ1) is 8.67. The summed E-state index contributed by atoms with van der Waals surface area (Å²) in [4.78, 5) is 9.07. The molecule has 0 spiro atoms. The number of aromatic nitrogens is 2. The number of H-pyrrole nitrogens is 1. The fourth-order valence-corrected chi connectivity index (χ4v) is 2.97. The van der Waals surface area contributed by atoms with Gasteiger partial charge >= 0.3 is 0 Å². The first kappa shape index (κ1) is 11.6. The average molecular weight is 278 g/mol. The van der Waals surface area contributed by atoms with Gasteiger partial charge in [-0.15, -0.1) is 11.3 Å². The number of nitrogens with zero attached hydrogens (tertiary/aromatic N) is 1. The molecular formula is C13H12ClN3S. The number of nitrogen functional groups attached to an aromatic ring is 1. The molecule has 0 aliphatic rings. The van der Waals surface area contributed by atoms with Gasteiger partial charge in [-0.25, -0.2) is 4.98 Å². The van der Waals surface area contributed by atoms with Crippen LogP contribution in [0.4, 0.5) is 5.00 Å². The highest BCUT2D eigenvalue weighted by molar-refractivity contribution is 7.16. The fraction of sp³-hybridized carbons (Fsp3) is 0.154. The molecule has 0 atom stereocenters. The Morgan fingerprint density at radius 3 is 2.94 bits per heavy atom. The summed E-state index contributed by atoms with van der Waals surface area (Å²) in [6, 6.07) is 7.71. The molecule has 0 aliphatic heterocycles. The topological polar surface area (TPSA) is 54.7 Å². The van der Waals surface area contributed by atoms with Gasteiger partial charge in [0, 0.05) is 9.90 Å². The van der Waals surface area contributed by atoms with Crippen molar-refractivity contribution in [3.05, 3.63) is 34.2 Å². The van der Waals surface area contributed by atoms with Gasteiger partial charge in [0.2, 0.25) is 0 Å². The second kappa shape index (κ2) is 4.30. The zero-order chi connectivity index (χ0) is 12.7. The van der Waals surface area contributed by atoms with Gasteiger partial charge in [-0.1, -0.05) is 18.5 Å². The molecule has 18 heavy (non-hydrogen) atoms. The van der Waals surface area contributed by atoms with E-state index in [4.69, 9.17) is 17.3 Å². The maximum absolute atomic E-state index is 6.03. The number of aromatic amines is 1. The number of halogens is 1. The Kier molecular flexibility index (Phi) is 2.76. The van der Waals surface area contributed by atoms with Crippen molar-refractivity contribution in [2.24, 2.45) is 0 Å². The fourth-order valence-electron chi connectivity index (χ4n) is 1.93. The lowest BCUT2D eigenvalue weighted by molar-refractivity contribution is 1.18. The lowest BCUT2D eigenvalue weighted by Crippen LogP contribution is -1.84. The second-order valence-corrected chi connectivity index (χ2v) is 5.70. The van der Waals surface area contributed by atoms with Crippen molar-refractivity contribution in [2.75, 3.05) is 5.73 Å². The third kappa shape index (κ3) is 1.87. The third-order valence-electron chi connectivity index (χ3n) is 2.86. The average Bonchev–Trinajstić information content (AvgIpc) is 2.91. The highest BCUT2D eigenvalue weighted by atomic mass is 35.5.